The van der Waals surface area contributed by atoms with E-state index in [9.17, 15) is 0 Å². The first-order chi connectivity index (χ1) is 9.40. The van der Waals surface area contributed by atoms with Gasteiger partial charge in [0.1, 0.15) is 0 Å². The van der Waals surface area contributed by atoms with Crippen LogP contribution in [0.25, 0.3) is 0 Å². The second kappa shape index (κ2) is 6.48. The summed E-state index contributed by atoms with van der Waals surface area (Å²) >= 11 is 3.76. The number of hydrogen-bond acceptors (Lipinski definition) is 2. The maximum atomic E-state index is 3.76. The largest absolute Gasteiger partial charge is 0.368 e. The maximum absolute atomic E-state index is 3.76. The van der Waals surface area contributed by atoms with Crippen LogP contribution in [0.1, 0.15) is 52.5 Å². The van der Waals surface area contributed by atoms with E-state index in [4.69, 9.17) is 0 Å². The van der Waals surface area contributed by atoms with Crippen molar-refractivity contribution in [3.8, 4) is 0 Å². The standard InChI is InChI=1S/C17H27BrN2/c1-5-10-20(14-7-8-14)16-9-6-13(11-15(16)18)12-19-17(2,3)4/h6,9,11,14,19H,5,7-8,10,12H2,1-4H3. The Kier molecular flexibility index (Phi) is 5.14. The van der Waals surface area contributed by atoms with E-state index in [1.165, 1.54) is 35.0 Å². The van der Waals surface area contributed by atoms with Gasteiger partial charge in [0.2, 0.25) is 0 Å². The van der Waals surface area contributed by atoms with Crippen LogP contribution in [0.4, 0.5) is 5.69 Å². The minimum atomic E-state index is 0.160. The minimum absolute atomic E-state index is 0.160. The number of nitrogens with zero attached hydrogens (tertiary/aromatic N) is 1. The second-order valence-electron chi connectivity index (χ2n) is 6.81. The Morgan fingerprint density at radius 2 is 2.00 bits per heavy atom. The van der Waals surface area contributed by atoms with Crippen molar-refractivity contribution in [3.05, 3.63) is 28.2 Å². The Bertz CT molecular complexity index is 447. The van der Waals surface area contributed by atoms with E-state index in [2.05, 4.69) is 72.0 Å². The van der Waals surface area contributed by atoms with Crippen LogP contribution in [0, 0.1) is 0 Å². The smallest absolute Gasteiger partial charge is 0.0513 e. The third-order valence-electron chi connectivity index (χ3n) is 3.60. The molecule has 0 aromatic heterocycles. The zero-order valence-electron chi connectivity index (χ0n) is 13.2. The lowest BCUT2D eigenvalue weighted by molar-refractivity contribution is 0.424. The van der Waals surface area contributed by atoms with Gasteiger partial charge in [-0.15, -0.1) is 0 Å². The Hall–Kier alpha value is -0.540. The van der Waals surface area contributed by atoms with Crippen LogP contribution in [0.5, 0.6) is 0 Å². The summed E-state index contributed by atoms with van der Waals surface area (Å²) in [7, 11) is 0. The fourth-order valence-corrected chi connectivity index (χ4v) is 3.04. The average molecular weight is 339 g/mol. The van der Waals surface area contributed by atoms with Gasteiger partial charge in [-0.25, -0.2) is 0 Å². The van der Waals surface area contributed by atoms with E-state index in [1.54, 1.807) is 0 Å². The lowest BCUT2D eigenvalue weighted by Crippen LogP contribution is -2.35. The van der Waals surface area contributed by atoms with Gasteiger partial charge in [0.15, 0.2) is 0 Å². The number of halogens is 1. The first kappa shape index (κ1) is 15.8. The van der Waals surface area contributed by atoms with Gasteiger partial charge in [-0.3, -0.25) is 0 Å². The summed E-state index contributed by atoms with van der Waals surface area (Å²) in [4.78, 5) is 2.56. The number of hydrogen-bond donors (Lipinski definition) is 1. The highest BCUT2D eigenvalue weighted by Crippen LogP contribution is 2.36. The molecular formula is C17H27BrN2. The van der Waals surface area contributed by atoms with E-state index >= 15 is 0 Å². The van der Waals surface area contributed by atoms with E-state index in [0.29, 0.717) is 0 Å². The molecule has 0 unspecified atom stereocenters. The highest BCUT2D eigenvalue weighted by Gasteiger charge is 2.29. The summed E-state index contributed by atoms with van der Waals surface area (Å²) in [5.74, 6) is 0. The van der Waals surface area contributed by atoms with Crippen LogP contribution in [0.2, 0.25) is 0 Å². The summed E-state index contributed by atoms with van der Waals surface area (Å²) in [5.41, 5.74) is 2.85. The molecule has 2 nitrogen and oxygen atoms in total. The molecule has 0 aliphatic heterocycles. The highest BCUT2D eigenvalue weighted by molar-refractivity contribution is 9.10. The second-order valence-corrected chi connectivity index (χ2v) is 7.67. The first-order valence-corrected chi connectivity index (χ1v) is 8.50. The molecule has 0 amide bonds. The molecule has 1 aromatic carbocycles. The summed E-state index contributed by atoms with van der Waals surface area (Å²) in [6.07, 6.45) is 3.90. The number of nitrogens with one attached hydrogen (secondary N) is 1. The van der Waals surface area contributed by atoms with Crippen LogP contribution < -0.4 is 10.2 Å². The van der Waals surface area contributed by atoms with Crippen molar-refractivity contribution in [2.24, 2.45) is 0 Å². The lowest BCUT2D eigenvalue weighted by atomic mass is 10.1. The Balaban J connectivity index is 2.08. The molecule has 1 aromatic rings. The predicted molar refractivity (Wildman–Crippen MR) is 91.4 cm³/mol. The molecule has 1 saturated carbocycles. The lowest BCUT2D eigenvalue weighted by Gasteiger charge is -2.26. The van der Waals surface area contributed by atoms with Crippen molar-refractivity contribution in [1.82, 2.24) is 5.32 Å². The van der Waals surface area contributed by atoms with E-state index in [-0.39, 0.29) is 5.54 Å². The van der Waals surface area contributed by atoms with Gasteiger partial charge >= 0.3 is 0 Å². The van der Waals surface area contributed by atoms with E-state index in [0.717, 1.165) is 19.1 Å². The quantitative estimate of drug-likeness (QED) is 0.807. The molecule has 1 fully saturated rings. The van der Waals surface area contributed by atoms with Crippen molar-refractivity contribution in [3.63, 3.8) is 0 Å². The van der Waals surface area contributed by atoms with Crippen molar-refractivity contribution < 1.29 is 0 Å². The van der Waals surface area contributed by atoms with Crippen LogP contribution in [0.15, 0.2) is 22.7 Å². The van der Waals surface area contributed by atoms with Crippen molar-refractivity contribution in [2.45, 2.75) is 65.1 Å². The number of benzene rings is 1. The zero-order chi connectivity index (χ0) is 14.8. The molecule has 0 bridgehead atoms. The van der Waals surface area contributed by atoms with Crippen LogP contribution in [0.3, 0.4) is 0 Å². The van der Waals surface area contributed by atoms with Crippen LogP contribution in [-0.4, -0.2) is 18.1 Å². The van der Waals surface area contributed by atoms with Gasteiger partial charge in [-0.2, -0.15) is 0 Å². The summed E-state index contributed by atoms with van der Waals surface area (Å²) < 4.78 is 1.23. The minimum Gasteiger partial charge on any atom is -0.368 e. The Morgan fingerprint density at radius 3 is 2.50 bits per heavy atom. The molecular weight excluding hydrogens is 312 g/mol. The number of rotatable bonds is 6. The summed E-state index contributed by atoms with van der Waals surface area (Å²) in [5, 5.41) is 3.54. The van der Waals surface area contributed by atoms with Crippen LogP contribution in [-0.2, 0) is 6.54 Å². The monoisotopic (exact) mass is 338 g/mol. The van der Waals surface area contributed by atoms with Gasteiger partial charge in [0.05, 0.1) is 5.69 Å². The topological polar surface area (TPSA) is 15.3 Å². The molecule has 112 valence electrons. The Labute approximate surface area is 132 Å². The summed E-state index contributed by atoms with van der Waals surface area (Å²) in [6, 6.07) is 7.56. The molecule has 2 rings (SSSR count). The highest BCUT2D eigenvalue weighted by atomic mass is 79.9. The fourth-order valence-electron chi connectivity index (χ4n) is 2.39. The zero-order valence-corrected chi connectivity index (χ0v) is 14.8. The molecule has 3 heteroatoms. The van der Waals surface area contributed by atoms with Crippen molar-refractivity contribution in [1.29, 1.82) is 0 Å². The van der Waals surface area contributed by atoms with E-state index < -0.39 is 0 Å². The van der Waals surface area contributed by atoms with Gasteiger partial charge in [0.25, 0.3) is 0 Å². The van der Waals surface area contributed by atoms with Crippen molar-refractivity contribution in [2.75, 3.05) is 11.4 Å². The van der Waals surface area contributed by atoms with Gasteiger partial charge in [-0.05, 0) is 73.7 Å². The van der Waals surface area contributed by atoms with Gasteiger partial charge in [-0.1, -0.05) is 13.0 Å². The third kappa shape index (κ3) is 4.49. The molecule has 0 atom stereocenters. The molecule has 0 spiro atoms. The third-order valence-corrected chi connectivity index (χ3v) is 4.23. The molecule has 1 aliphatic carbocycles. The first-order valence-electron chi connectivity index (χ1n) is 7.71. The molecule has 0 saturated heterocycles. The SMILES string of the molecule is CCCN(c1ccc(CNC(C)(C)C)cc1Br)C1CC1. The molecule has 1 aliphatic rings. The van der Waals surface area contributed by atoms with E-state index in [1.807, 2.05) is 0 Å². The molecule has 1 N–H and O–H groups in total. The maximum Gasteiger partial charge on any atom is 0.0513 e. The van der Waals surface area contributed by atoms with Crippen molar-refractivity contribution >= 4 is 21.6 Å². The van der Waals surface area contributed by atoms with Gasteiger partial charge < -0.3 is 10.2 Å². The molecule has 0 heterocycles. The average Bonchev–Trinajstić information content (AvgIpc) is 3.18. The normalized spacial score (nSPS) is 15.4. The fraction of sp³-hybridized carbons (Fsp3) is 0.647. The van der Waals surface area contributed by atoms with Gasteiger partial charge in [0, 0.05) is 29.1 Å². The van der Waals surface area contributed by atoms with Crippen LogP contribution >= 0.6 is 15.9 Å². The summed E-state index contributed by atoms with van der Waals surface area (Å²) in [6.45, 7) is 10.9. The molecule has 20 heavy (non-hydrogen) atoms. The Morgan fingerprint density at radius 1 is 1.30 bits per heavy atom. The molecule has 0 radical (unpaired) electrons. The number of anilines is 1. The predicted octanol–water partition coefficient (Wildman–Crippen LogP) is 4.72.